The van der Waals surface area contributed by atoms with Crippen LogP contribution in [0.25, 0.3) is 10.2 Å². The van der Waals surface area contributed by atoms with Gasteiger partial charge >= 0.3 is 0 Å². The van der Waals surface area contributed by atoms with Gasteiger partial charge in [-0.25, -0.2) is 9.67 Å². The number of nitrogens with zero attached hydrogens (tertiary/aromatic N) is 4. The van der Waals surface area contributed by atoms with Crippen LogP contribution in [0.4, 0.5) is 5.13 Å². The van der Waals surface area contributed by atoms with E-state index in [1.54, 1.807) is 23.6 Å². The summed E-state index contributed by atoms with van der Waals surface area (Å²) in [6.07, 6.45) is 3.95. The first-order chi connectivity index (χ1) is 14.1. The molecule has 1 aliphatic rings. The molecule has 1 amide bonds. The van der Waals surface area contributed by atoms with E-state index >= 15 is 0 Å². The van der Waals surface area contributed by atoms with Crippen LogP contribution in [0.2, 0.25) is 0 Å². The van der Waals surface area contributed by atoms with Gasteiger partial charge in [-0.05, 0) is 49.9 Å². The molecule has 1 saturated heterocycles. The number of carbonyl (C=O) groups excluding carboxylic acids is 1. The Bertz CT molecular complexity index is 1050. The predicted octanol–water partition coefficient (Wildman–Crippen LogP) is 2.58. The molecule has 4 rings (SSSR count). The summed E-state index contributed by atoms with van der Waals surface area (Å²) in [5.74, 6) is 0.151. The van der Waals surface area contributed by atoms with Crippen molar-refractivity contribution in [2.45, 2.75) is 32.7 Å². The number of amides is 1. The first-order valence-electron chi connectivity index (χ1n) is 10.0. The summed E-state index contributed by atoms with van der Waals surface area (Å²) >= 11 is 1.72. The van der Waals surface area contributed by atoms with Crippen molar-refractivity contribution in [1.29, 1.82) is 0 Å². The van der Waals surface area contributed by atoms with E-state index in [4.69, 9.17) is 4.98 Å². The summed E-state index contributed by atoms with van der Waals surface area (Å²) in [6.45, 7) is 4.85. The quantitative estimate of drug-likeness (QED) is 0.631. The van der Waals surface area contributed by atoms with Gasteiger partial charge in [0, 0.05) is 44.4 Å². The molecular formula is C21H25N5O2S. The second kappa shape index (κ2) is 8.73. The third kappa shape index (κ3) is 4.64. The topological polar surface area (TPSA) is 80.1 Å². The van der Waals surface area contributed by atoms with Crippen LogP contribution in [0.5, 0.6) is 0 Å². The molecule has 7 nitrogen and oxygen atoms in total. The van der Waals surface area contributed by atoms with Gasteiger partial charge < -0.3 is 10.2 Å². The molecule has 152 valence electrons. The van der Waals surface area contributed by atoms with E-state index in [2.05, 4.69) is 40.4 Å². The molecule has 0 aliphatic carbocycles. The van der Waals surface area contributed by atoms with Gasteiger partial charge in [0.25, 0.3) is 5.56 Å². The number of thiazole rings is 1. The number of benzene rings is 1. The van der Waals surface area contributed by atoms with Crippen molar-refractivity contribution < 1.29 is 4.79 Å². The highest BCUT2D eigenvalue weighted by Crippen LogP contribution is 2.32. The Morgan fingerprint density at radius 2 is 2.10 bits per heavy atom. The molecule has 3 heterocycles. The van der Waals surface area contributed by atoms with Crippen molar-refractivity contribution in [2.24, 2.45) is 5.92 Å². The Balaban J connectivity index is 1.24. The lowest BCUT2D eigenvalue weighted by Gasteiger charge is -2.31. The van der Waals surface area contributed by atoms with Gasteiger partial charge in [0.15, 0.2) is 5.13 Å². The Kier molecular flexibility index (Phi) is 5.89. The van der Waals surface area contributed by atoms with E-state index in [9.17, 15) is 9.59 Å². The second-order valence-corrected chi connectivity index (χ2v) is 8.47. The average molecular weight is 412 g/mol. The van der Waals surface area contributed by atoms with Gasteiger partial charge in [-0.2, -0.15) is 5.10 Å². The van der Waals surface area contributed by atoms with Crippen LogP contribution in [0.15, 0.2) is 41.3 Å². The molecule has 1 N–H and O–H groups in total. The number of aryl methyl sites for hydroxylation is 2. The van der Waals surface area contributed by atoms with Gasteiger partial charge in [-0.15, -0.1) is 0 Å². The maximum Gasteiger partial charge on any atom is 0.266 e. The minimum atomic E-state index is -0.115. The van der Waals surface area contributed by atoms with Crippen LogP contribution in [0.1, 0.15) is 24.8 Å². The number of piperidine rings is 1. The fraction of sp³-hybridized carbons (Fsp3) is 0.429. The van der Waals surface area contributed by atoms with E-state index in [0.29, 0.717) is 19.5 Å². The highest BCUT2D eigenvalue weighted by molar-refractivity contribution is 7.22. The van der Waals surface area contributed by atoms with Crippen molar-refractivity contribution in [3.63, 3.8) is 0 Å². The molecular weight excluding hydrogens is 386 g/mol. The number of nitrogens with one attached hydrogen (secondary N) is 1. The van der Waals surface area contributed by atoms with Gasteiger partial charge in [-0.1, -0.05) is 17.4 Å². The number of hydrogen-bond donors (Lipinski definition) is 1. The number of anilines is 1. The molecule has 1 aliphatic heterocycles. The molecule has 29 heavy (non-hydrogen) atoms. The number of aromatic nitrogens is 3. The number of rotatable bonds is 6. The highest BCUT2D eigenvalue weighted by atomic mass is 32.1. The van der Waals surface area contributed by atoms with Crippen molar-refractivity contribution in [3.05, 3.63) is 52.4 Å². The first kappa shape index (κ1) is 19.6. The van der Waals surface area contributed by atoms with Crippen LogP contribution in [-0.2, 0) is 11.3 Å². The minimum Gasteiger partial charge on any atom is -0.356 e. The average Bonchev–Trinajstić information content (AvgIpc) is 3.15. The van der Waals surface area contributed by atoms with E-state index in [1.807, 2.05) is 0 Å². The van der Waals surface area contributed by atoms with Gasteiger partial charge in [0.1, 0.15) is 0 Å². The third-order valence-corrected chi connectivity index (χ3v) is 6.38. The standard InChI is InChI=1S/C21H25N5O2S/c1-15-5-6-17-18(14-15)29-21(24-17)25-12-7-16(8-13-25)20(28)22-9-3-11-26-19(27)4-2-10-23-26/h2,4-6,10,14,16H,3,7-9,11-13H2,1H3,(H,22,28). The molecule has 1 aromatic carbocycles. The lowest BCUT2D eigenvalue weighted by Crippen LogP contribution is -2.41. The van der Waals surface area contributed by atoms with Crippen LogP contribution in [-0.4, -0.2) is 40.3 Å². The van der Waals surface area contributed by atoms with Crippen molar-refractivity contribution in [2.75, 3.05) is 24.5 Å². The number of hydrogen-bond acceptors (Lipinski definition) is 6. The molecule has 0 spiro atoms. The SMILES string of the molecule is Cc1ccc2nc(N3CCC(C(=O)NCCCn4ncccc4=O)CC3)sc2c1. The zero-order chi connectivity index (χ0) is 20.2. The lowest BCUT2D eigenvalue weighted by atomic mass is 9.96. The fourth-order valence-electron chi connectivity index (χ4n) is 3.63. The maximum atomic E-state index is 12.5. The molecule has 0 unspecified atom stereocenters. The highest BCUT2D eigenvalue weighted by Gasteiger charge is 2.26. The van der Waals surface area contributed by atoms with Gasteiger partial charge in [-0.3, -0.25) is 9.59 Å². The predicted molar refractivity (Wildman–Crippen MR) is 115 cm³/mol. The molecule has 2 aromatic heterocycles. The maximum absolute atomic E-state index is 12.5. The fourth-order valence-corrected chi connectivity index (χ4v) is 4.74. The first-order valence-corrected chi connectivity index (χ1v) is 10.8. The van der Waals surface area contributed by atoms with E-state index < -0.39 is 0 Å². The van der Waals surface area contributed by atoms with Gasteiger partial charge in [0.2, 0.25) is 5.91 Å². The summed E-state index contributed by atoms with van der Waals surface area (Å²) in [4.78, 5) is 31.1. The summed E-state index contributed by atoms with van der Waals surface area (Å²) in [5.41, 5.74) is 2.18. The van der Waals surface area contributed by atoms with E-state index in [1.165, 1.54) is 21.0 Å². The van der Waals surface area contributed by atoms with Gasteiger partial charge in [0.05, 0.1) is 10.2 Å². The van der Waals surface area contributed by atoms with Crippen LogP contribution in [0, 0.1) is 12.8 Å². The van der Waals surface area contributed by atoms with Crippen LogP contribution >= 0.6 is 11.3 Å². The molecule has 3 aromatic rings. The van der Waals surface area contributed by atoms with E-state index in [0.717, 1.165) is 36.6 Å². The van der Waals surface area contributed by atoms with Crippen LogP contribution < -0.4 is 15.8 Å². The monoisotopic (exact) mass is 411 g/mol. The van der Waals surface area contributed by atoms with E-state index in [-0.39, 0.29) is 17.4 Å². The van der Waals surface area contributed by atoms with Crippen molar-refractivity contribution in [3.8, 4) is 0 Å². The Hall–Kier alpha value is -2.74. The molecule has 0 radical (unpaired) electrons. The third-order valence-electron chi connectivity index (χ3n) is 5.30. The molecule has 0 saturated carbocycles. The summed E-state index contributed by atoms with van der Waals surface area (Å²) in [5, 5.41) is 8.08. The Morgan fingerprint density at radius 3 is 2.90 bits per heavy atom. The van der Waals surface area contributed by atoms with Crippen molar-refractivity contribution in [1.82, 2.24) is 20.1 Å². The summed E-state index contributed by atoms with van der Waals surface area (Å²) < 4.78 is 2.64. The Labute approximate surface area is 173 Å². The van der Waals surface area contributed by atoms with Crippen LogP contribution in [0.3, 0.4) is 0 Å². The Morgan fingerprint density at radius 1 is 1.28 bits per heavy atom. The lowest BCUT2D eigenvalue weighted by molar-refractivity contribution is -0.125. The van der Waals surface area contributed by atoms with Crippen molar-refractivity contribution >= 4 is 32.6 Å². The normalized spacial score (nSPS) is 15.0. The molecule has 1 fully saturated rings. The number of carbonyl (C=O) groups is 1. The number of fused-ring (bicyclic) bond motifs is 1. The zero-order valence-corrected chi connectivity index (χ0v) is 17.3. The molecule has 0 bridgehead atoms. The molecule has 8 heteroatoms. The molecule has 0 atom stereocenters. The zero-order valence-electron chi connectivity index (χ0n) is 16.5. The summed E-state index contributed by atoms with van der Waals surface area (Å²) in [7, 11) is 0. The second-order valence-electron chi connectivity index (χ2n) is 7.46. The largest absolute Gasteiger partial charge is 0.356 e. The minimum absolute atomic E-state index is 0.0421. The summed E-state index contributed by atoms with van der Waals surface area (Å²) in [6, 6.07) is 9.46. The smallest absolute Gasteiger partial charge is 0.266 e.